The molecule has 0 saturated carbocycles. The largest absolute Gasteiger partial charge is 0.493 e. The second-order valence-corrected chi connectivity index (χ2v) is 5.07. The molecule has 0 spiro atoms. The molecule has 5 nitrogen and oxygen atoms in total. The van der Waals surface area contributed by atoms with Gasteiger partial charge in [0, 0.05) is 29.2 Å². The highest BCUT2D eigenvalue weighted by Crippen LogP contribution is 2.34. The van der Waals surface area contributed by atoms with E-state index in [9.17, 15) is 4.79 Å². The minimum atomic E-state index is -0.174. The van der Waals surface area contributed by atoms with Crippen molar-refractivity contribution in [2.24, 2.45) is 0 Å². The summed E-state index contributed by atoms with van der Waals surface area (Å²) >= 11 is 6.03. The molecule has 0 aliphatic carbocycles. The normalized spacial score (nSPS) is 10.5. The van der Waals surface area contributed by atoms with Crippen LogP contribution in [0.5, 0.6) is 11.5 Å². The number of ether oxygens (including phenoxy) is 2. The lowest BCUT2D eigenvalue weighted by Gasteiger charge is -2.16. The molecule has 20 heavy (non-hydrogen) atoms. The lowest BCUT2D eigenvalue weighted by atomic mass is 10.2. The van der Waals surface area contributed by atoms with E-state index in [1.165, 1.54) is 7.11 Å². The molecular formula is C14H21ClN2O3. The van der Waals surface area contributed by atoms with E-state index in [-0.39, 0.29) is 18.6 Å². The maximum absolute atomic E-state index is 11.6. The number of nitrogens with one attached hydrogen (secondary N) is 2. The fourth-order valence-electron chi connectivity index (χ4n) is 1.76. The van der Waals surface area contributed by atoms with Crippen LogP contribution >= 0.6 is 11.6 Å². The molecule has 0 aliphatic rings. The lowest BCUT2D eigenvalue weighted by molar-refractivity contribution is -0.123. The van der Waals surface area contributed by atoms with Crippen molar-refractivity contribution in [3.05, 3.63) is 22.7 Å². The van der Waals surface area contributed by atoms with Crippen molar-refractivity contribution >= 4 is 17.5 Å². The Labute approximate surface area is 124 Å². The maximum atomic E-state index is 11.6. The van der Waals surface area contributed by atoms with Crippen LogP contribution in [0.25, 0.3) is 0 Å². The fraction of sp³-hybridized carbons (Fsp3) is 0.500. The molecular weight excluding hydrogens is 280 g/mol. The summed E-state index contributed by atoms with van der Waals surface area (Å²) in [6.07, 6.45) is 0. The van der Waals surface area contributed by atoms with E-state index in [2.05, 4.69) is 10.6 Å². The van der Waals surface area contributed by atoms with Crippen LogP contribution in [-0.2, 0) is 11.3 Å². The fourth-order valence-corrected chi connectivity index (χ4v) is 1.99. The number of halogens is 1. The minimum absolute atomic E-state index is 0.0626. The zero-order valence-corrected chi connectivity index (χ0v) is 13.0. The molecule has 0 aliphatic heterocycles. The van der Waals surface area contributed by atoms with Crippen molar-refractivity contribution in [2.75, 3.05) is 20.8 Å². The van der Waals surface area contributed by atoms with Gasteiger partial charge in [-0.3, -0.25) is 4.79 Å². The average Bonchev–Trinajstić information content (AvgIpc) is 2.36. The molecule has 0 atom stereocenters. The van der Waals surface area contributed by atoms with E-state index < -0.39 is 0 Å². The topological polar surface area (TPSA) is 59.6 Å². The van der Waals surface area contributed by atoms with Crippen LogP contribution in [0.3, 0.4) is 0 Å². The Kier molecular flexibility index (Phi) is 6.61. The Morgan fingerprint density at radius 2 is 2.10 bits per heavy atom. The number of benzene rings is 1. The summed E-state index contributed by atoms with van der Waals surface area (Å²) in [7, 11) is 3.36. The Balaban J connectivity index is 2.88. The van der Waals surface area contributed by atoms with Crippen LogP contribution < -0.4 is 20.1 Å². The van der Waals surface area contributed by atoms with Crippen molar-refractivity contribution in [3.63, 3.8) is 0 Å². The zero-order chi connectivity index (χ0) is 15.1. The van der Waals surface area contributed by atoms with Gasteiger partial charge in [0.2, 0.25) is 0 Å². The molecule has 112 valence electrons. The van der Waals surface area contributed by atoms with Gasteiger partial charge >= 0.3 is 0 Å². The predicted octanol–water partition coefficient (Wildman–Crippen LogP) is 1.97. The van der Waals surface area contributed by atoms with Crippen LogP contribution in [0.15, 0.2) is 12.1 Å². The molecule has 0 bridgehead atoms. The average molecular weight is 301 g/mol. The Bertz CT molecular complexity index is 464. The van der Waals surface area contributed by atoms with Gasteiger partial charge in [-0.15, -0.1) is 0 Å². The maximum Gasteiger partial charge on any atom is 0.258 e. The highest BCUT2D eigenvalue weighted by atomic mass is 35.5. The third-order valence-corrected chi connectivity index (χ3v) is 2.70. The quantitative estimate of drug-likeness (QED) is 0.808. The number of hydrogen-bond acceptors (Lipinski definition) is 4. The Hall–Kier alpha value is -1.46. The molecule has 1 rings (SSSR count). The summed E-state index contributed by atoms with van der Waals surface area (Å²) in [5, 5.41) is 6.36. The third-order valence-electron chi connectivity index (χ3n) is 2.48. The van der Waals surface area contributed by atoms with Crippen molar-refractivity contribution in [1.82, 2.24) is 10.6 Å². The third kappa shape index (κ3) is 4.90. The molecule has 0 radical (unpaired) electrons. The second-order valence-electron chi connectivity index (χ2n) is 4.64. The smallest absolute Gasteiger partial charge is 0.258 e. The van der Waals surface area contributed by atoms with Gasteiger partial charge < -0.3 is 20.1 Å². The highest BCUT2D eigenvalue weighted by Gasteiger charge is 2.14. The van der Waals surface area contributed by atoms with Crippen molar-refractivity contribution in [1.29, 1.82) is 0 Å². The summed E-state index contributed by atoms with van der Waals surface area (Å²) in [6, 6.07) is 3.53. The van der Waals surface area contributed by atoms with Gasteiger partial charge in [-0.05, 0) is 27.0 Å². The molecule has 2 N–H and O–H groups in total. The van der Waals surface area contributed by atoms with Gasteiger partial charge in [0.15, 0.2) is 18.1 Å². The molecule has 1 aromatic rings. The molecule has 0 fully saturated rings. The van der Waals surface area contributed by atoms with E-state index in [1.54, 1.807) is 12.1 Å². The molecule has 1 aromatic carbocycles. The SMILES string of the molecule is CNCc1cc(Cl)cc(OC)c1OCC(=O)NC(C)C. The first-order chi connectivity index (χ1) is 9.47. The summed E-state index contributed by atoms with van der Waals surface area (Å²) in [6.45, 7) is 4.30. The van der Waals surface area contributed by atoms with Crippen LogP contribution in [0.1, 0.15) is 19.4 Å². The van der Waals surface area contributed by atoms with Crippen LogP contribution in [0, 0.1) is 0 Å². The van der Waals surface area contributed by atoms with Gasteiger partial charge in [0.1, 0.15) is 0 Å². The first kappa shape index (κ1) is 16.6. The minimum Gasteiger partial charge on any atom is -0.493 e. The Morgan fingerprint density at radius 3 is 2.65 bits per heavy atom. The standard InChI is InChI=1S/C14H21ClN2O3/c1-9(2)17-13(18)8-20-14-10(7-16-3)5-11(15)6-12(14)19-4/h5-6,9,16H,7-8H2,1-4H3,(H,17,18). The van der Waals surface area contributed by atoms with Gasteiger partial charge in [0.05, 0.1) is 7.11 Å². The van der Waals surface area contributed by atoms with Crippen molar-refractivity contribution in [2.45, 2.75) is 26.4 Å². The zero-order valence-electron chi connectivity index (χ0n) is 12.2. The van der Waals surface area contributed by atoms with Gasteiger partial charge in [-0.25, -0.2) is 0 Å². The summed E-state index contributed by atoms with van der Waals surface area (Å²) in [4.78, 5) is 11.6. The molecule has 0 saturated heterocycles. The number of rotatable bonds is 7. The van der Waals surface area contributed by atoms with Crippen LogP contribution in [0.4, 0.5) is 0 Å². The highest BCUT2D eigenvalue weighted by molar-refractivity contribution is 6.30. The number of amides is 1. The molecule has 0 aromatic heterocycles. The first-order valence-corrected chi connectivity index (χ1v) is 6.78. The molecule has 1 amide bonds. The van der Waals surface area contributed by atoms with Crippen molar-refractivity contribution < 1.29 is 14.3 Å². The van der Waals surface area contributed by atoms with E-state index in [4.69, 9.17) is 21.1 Å². The van der Waals surface area contributed by atoms with Gasteiger partial charge in [0.25, 0.3) is 5.91 Å². The van der Waals surface area contributed by atoms with Crippen LogP contribution in [-0.4, -0.2) is 32.7 Å². The van der Waals surface area contributed by atoms with E-state index in [0.29, 0.717) is 23.1 Å². The number of hydrogen-bond donors (Lipinski definition) is 2. The summed E-state index contributed by atoms with van der Waals surface area (Å²) < 4.78 is 10.9. The van der Waals surface area contributed by atoms with Crippen molar-refractivity contribution in [3.8, 4) is 11.5 Å². The number of carbonyl (C=O) groups is 1. The Morgan fingerprint density at radius 1 is 1.40 bits per heavy atom. The van der Waals surface area contributed by atoms with Gasteiger partial charge in [-0.2, -0.15) is 0 Å². The first-order valence-electron chi connectivity index (χ1n) is 6.41. The number of carbonyl (C=O) groups excluding carboxylic acids is 1. The lowest BCUT2D eigenvalue weighted by Crippen LogP contribution is -2.34. The summed E-state index contributed by atoms with van der Waals surface area (Å²) in [5.41, 5.74) is 0.842. The number of methoxy groups -OCH3 is 1. The second kappa shape index (κ2) is 7.97. The molecule has 0 heterocycles. The van der Waals surface area contributed by atoms with E-state index >= 15 is 0 Å². The predicted molar refractivity (Wildman–Crippen MR) is 79.5 cm³/mol. The van der Waals surface area contributed by atoms with E-state index in [1.807, 2.05) is 20.9 Å². The van der Waals surface area contributed by atoms with Crippen LogP contribution in [0.2, 0.25) is 5.02 Å². The monoisotopic (exact) mass is 300 g/mol. The summed E-state index contributed by atoms with van der Waals surface area (Å²) in [5.74, 6) is 0.873. The van der Waals surface area contributed by atoms with E-state index in [0.717, 1.165) is 5.56 Å². The molecule has 6 heteroatoms. The molecule has 0 unspecified atom stereocenters. The van der Waals surface area contributed by atoms with Gasteiger partial charge in [-0.1, -0.05) is 11.6 Å².